The number of primary amides is 1. The molecule has 25 nitrogen and oxygen atoms in total. The lowest BCUT2D eigenvalue weighted by molar-refractivity contribution is -0.148. The third-order valence-electron chi connectivity index (χ3n) is 18.0. The first kappa shape index (κ1) is 78.7. The number of unbranched alkanes of at least 4 members (excludes halogenated alkanes) is 2. The number of nitrogens with two attached hydrogens (primary N) is 1. The van der Waals surface area contributed by atoms with Crippen molar-refractivity contribution in [1.29, 1.82) is 0 Å². The number of amides is 11. The van der Waals surface area contributed by atoms with Crippen LogP contribution in [0.5, 0.6) is 0 Å². The van der Waals surface area contributed by atoms with Crippen LogP contribution in [0.15, 0.2) is 66.7 Å². The summed E-state index contributed by atoms with van der Waals surface area (Å²) >= 11 is 0. The predicted octanol–water partition coefficient (Wildman–Crippen LogP) is 5.25. The zero-order valence-corrected chi connectivity index (χ0v) is 57.6. The highest BCUT2D eigenvalue weighted by atomic mass is 16.6. The Labute approximate surface area is 555 Å². The van der Waals surface area contributed by atoms with Crippen LogP contribution in [-0.2, 0) is 70.4 Å². The molecule has 522 valence electrons. The molecule has 1 saturated heterocycles. The highest BCUT2D eigenvalue weighted by molar-refractivity contribution is 6.12. The molecule has 0 saturated carbocycles. The zero-order chi connectivity index (χ0) is 70.1. The van der Waals surface area contributed by atoms with E-state index in [1.807, 2.05) is 32.0 Å². The molecule has 12 atom stereocenters. The molecule has 1 unspecified atom stereocenters. The average molecular weight is 1320 g/mol. The maximum Gasteiger partial charge on any atom is 0.410 e. The van der Waals surface area contributed by atoms with Gasteiger partial charge in [-0.2, -0.15) is 0 Å². The van der Waals surface area contributed by atoms with E-state index in [0.717, 1.165) is 4.90 Å². The topological polar surface area (TPSA) is 335 Å². The molecule has 2 aliphatic rings. The van der Waals surface area contributed by atoms with Crippen LogP contribution in [-0.4, -0.2) is 192 Å². The first-order chi connectivity index (χ1) is 44.5. The highest BCUT2D eigenvalue weighted by Crippen LogP contribution is 2.31. The summed E-state index contributed by atoms with van der Waals surface area (Å²) in [6, 6.07) is 9.27. The third kappa shape index (κ3) is 23.0. The number of methoxy groups -OCH3 is 2. The molecule has 0 aliphatic carbocycles. The number of imide groups is 1. The minimum atomic E-state index is -1.08. The lowest BCUT2D eigenvalue weighted by Gasteiger charge is -2.41. The molecule has 2 aromatic carbocycles. The van der Waals surface area contributed by atoms with Crippen molar-refractivity contribution in [3.8, 4) is 0 Å². The van der Waals surface area contributed by atoms with E-state index < -0.39 is 108 Å². The normalized spacial score (nSPS) is 17.4. The van der Waals surface area contributed by atoms with Crippen LogP contribution in [0.4, 0.5) is 9.59 Å². The fraction of sp³-hybridized carbons (Fsp3) is 0.638. The summed E-state index contributed by atoms with van der Waals surface area (Å²) in [5.41, 5.74) is 7.07. The van der Waals surface area contributed by atoms with Crippen LogP contribution in [0.2, 0.25) is 0 Å². The van der Waals surface area contributed by atoms with Crippen molar-refractivity contribution >= 4 is 65.2 Å². The van der Waals surface area contributed by atoms with Gasteiger partial charge in [-0.25, -0.2) is 9.59 Å². The van der Waals surface area contributed by atoms with E-state index in [2.05, 4.69) is 26.6 Å². The average Bonchev–Trinajstić information content (AvgIpc) is 1.33. The lowest BCUT2D eigenvalue weighted by atomic mass is 9.89. The molecular formula is C69H106N10O15. The quantitative estimate of drug-likeness (QED) is 0.0332. The van der Waals surface area contributed by atoms with Gasteiger partial charge in [0.2, 0.25) is 35.4 Å². The number of urea groups is 1. The molecule has 2 aromatic rings. The summed E-state index contributed by atoms with van der Waals surface area (Å²) in [6.45, 7) is 18.7. The largest absolute Gasteiger partial charge is 0.445 e. The van der Waals surface area contributed by atoms with Gasteiger partial charge >= 0.3 is 12.1 Å². The first-order valence-corrected chi connectivity index (χ1v) is 33.1. The number of rotatable bonds is 39. The molecule has 0 bridgehead atoms. The Morgan fingerprint density at radius 3 is 1.91 bits per heavy atom. The summed E-state index contributed by atoms with van der Waals surface area (Å²) < 4.78 is 17.8. The molecule has 11 amide bonds. The van der Waals surface area contributed by atoms with Crippen molar-refractivity contribution in [1.82, 2.24) is 46.2 Å². The SMILES string of the molecule is CC[C@H](C)C([C@@H](CC(=O)N1CCC[C@H]1[C@H](OC)[C@@H](C)C(=O)N[C@H](C)[C@@H](O)c1ccccc1)OC)N(C)C(=O)[C@H](NC(=O)[C@H](C(C)C)N(C)C(=O)OCc1ccc(CC(=O)[C@H](CCCNC(N)=O)NC(=O)[C@@H](NC(=O)CCCCCN2C(=O)C=CC2=O)C(C)C)cc1)C(C)C. The molecule has 25 heteroatoms. The molecule has 8 N–H and O–H groups in total. The second kappa shape index (κ2) is 38.6. The summed E-state index contributed by atoms with van der Waals surface area (Å²) in [4.78, 5) is 153. The van der Waals surface area contributed by atoms with Crippen LogP contribution in [0.3, 0.4) is 0 Å². The predicted molar refractivity (Wildman–Crippen MR) is 353 cm³/mol. The minimum Gasteiger partial charge on any atom is -0.445 e. The number of carbonyl (C=O) groups excluding carboxylic acids is 11. The number of benzene rings is 2. The standard InChI is InChI=1S/C69H106N10O15/c1-15-44(8)61(53(92-13)39-57(84)78-37-23-27-51(78)63(93-14)45(9)64(86)72-46(10)62(85)49-24-18-16-19-25-49)76(11)67(89)59(42(4)5)75-66(88)60(43(6)7)77(12)69(91)94-40-48-31-29-47(30-32-48)38-52(80)50(26-22-35-71-68(70)90)73-65(87)58(41(2)3)74-54(81)28-20-17-21-36-79-55(82)33-34-56(79)83/h16,18-19,24-25,29-34,41-46,50-51,53,58-63,85H,15,17,20-23,26-28,35-40H2,1-14H3,(H,72,86)(H,73,87)(H,74,81)(H,75,88)(H3,70,71,90)/t44-,45+,46+,50-,51-,53+,58-,59+,60-,61?,62+,63+/m0/s1. The number of ketones is 1. The first-order valence-electron chi connectivity index (χ1n) is 33.1. The van der Waals surface area contributed by atoms with Crippen LogP contribution in [0.1, 0.15) is 156 Å². The summed E-state index contributed by atoms with van der Waals surface area (Å²) in [7, 11) is 6.10. The van der Waals surface area contributed by atoms with E-state index in [9.17, 15) is 57.8 Å². The van der Waals surface area contributed by atoms with E-state index in [4.69, 9.17) is 19.9 Å². The number of hydrogen-bond donors (Lipinski definition) is 7. The van der Waals surface area contributed by atoms with Gasteiger partial charge in [0.25, 0.3) is 11.8 Å². The lowest BCUT2D eigenvalue weighted by Crippen LogP contribution is -2.60. The van der Waals surface area contributed by atoms with Gasteiger partial charge in [-0.3, -0.25) is 53.0 Å². The Balaban J connectivity index is 1.37. The molecular weight excluding hydrogens is 1210 g/mol. The van der Waals surface area contributed by atoms with E-state index in [1.54, 1.807) is 109 Å². The summed E-state index contributed by atoms with van der Waals surface area (Å²) in [5, 5.41) is 24.9. The van der Waals surface area contributed by atoms with E-state index >= 15 is 0 Å². The van der Waals surface area contributed by atoms with Crippen LogP contribution in [0, 0.1) is 29.6 Å². The molecule has 2 heterocycles. The molecule has 0 radical (unpaired) electrons. The summed E-state index contributed by atoms with van der Waals surface area (Å²) in [6.07, 6.45) is 3.02. The van der Waals surface area contributed by atoms with Gasteiger partial charge in [-0.1, -0.05) is 130 Å². The van der Waals surface area contributed by atoms with Gasteiger partial charge in [0, 0.05) is 72.9 Å². The maximum atomic E-state index is 14.8. The molecule has 4 rings (SSSR count). The van der Waals surface area contributed by atoms with E-state index in [0.29, 0.717) is 68.2 Å². The summed E-state index contributed by atoms with van der Waals surface area (Å²) in [5.74, 6) is -5.65. The zero-order valence-electron chi connectivity index (χ0n) is 57.6. The van der Waals surface area contributed by atoms with Gasteiger partial charge in [-0.15, -0.1) is 0 Å². The number of carbonyl (C=O) groups is 11. The van der Waals surface area contributed by atoms with E-state index in [1.165, 1.54) is 38.3 Å². The van der Waals surface area contributed by atoms with Crippen LogP contribution in [0.25, 0.3) is 0 Å². The number of Topliss-reactive ketones (excluding diaryl/α,β-unsaturated/α-hetero) is 1. The molecule has 94 heavy (non-hydrogen) atoms. The number of aliphatic hydroxyl groups is 1. The maximum absolute atomic E-state index is 14.8. The number of likely N-dealkylation sites (tertiary alicyclic amines) is 1. The van der Waals surface area contributed by atoms with Crippen molar-refractivity contribution in [2.75, 3.05) is 47.9 Å². The fourth-order valence-electron chi connectivity index (χ4n) is 12.3. The Morgan fingerprint density at radius 2 is 1.34 bits per heavy atom. The molecule has 0 aromatic heterocycles. The number of nitrogens with zero attached hydrogens (tertiary/aromatic N) is 4. The second-order valence-corrected chi connectivity index (χ2v) is 26.0. The number of aliphatic hydroxyl groups excluding tert-OH is 1. The molecule has 1 fully saturated rings. The Bertz CT molecular complexity index is 2870. The Morgan fingerprint density at radius 1 is 0.713 bits per heavy atom. The van der Waals surface area contributed by atoms with Crippen molar-refractivity contribution in [2.45, 2.75) is 207 Å². The fourth-order valence-corrected chi connectivity index (χ4v) is 12.3. The van der Waals surface area contributed by atoms with Gasteiger partial charge < -0.3 is 61.4 Å². The molecule has 0 spiro atoms. The number of likely N-dealkylation sites (N-methyl/N-ethyl adjacent to an activating group) is 2. The molecule has 2 aliphatic heterocycles. The Hall–Kier alpha value is -7.77. The number of nitrogens with one attached hydrogen (secondary N) is 5. The van der Waals surface area contributed by atoms with Gasteiger partial charge in [0.1, 0.15) is 24.7 Å². The Kier molecular flexibility index (Phi) is 32.3. The van der Waals surface area contributed by atoms with Gasteiger partial charge in [-0.05, 0) is 85.8 Å². The van der Waals surface area contributed by atoms with Crippen molar-refractivity contribution in [3.63, 3.8) is 0 Å². The van der Waals surface area contributed by atoms with Crippen molar-refractivity contribution in [2.24, 2.45) is 35.3 Å². The monoisotopic (exact) mass is 1310 g/mol. The van der Waals surface area contributed by atoms with Gasteiger partial charge in [0.05, 0.1) is 54.8 Å². The van der Waals surface area contributed by atoms with Gasteiger partial charge in [0.15, 0.2) is 5.78 Å². The van der Waals surface area contributed by atoms with Crippen LogP contribution < -0.4 is 32.3 Å². The second-order valence-electron chi connectivity index (χ2n) is 26.0. The number of ether oxygens (including phenoxy) is 3. The van der Waals surface area contributed by atoms with Crippen LogP contribution >= 0.6 is 0 Å². The highest BCUT2D eigenvalue weighted by Gasteiger charge is 2.44. The smallest absolute Gasteiger partial charge is 0.410 e. The minimum absolute atomic E-state index is 0.0893. The number of hydrogen-bond acceptors (Lipinski definition) is 15. The third-order valence-corrected chi connectivity index (χ3v) is 18.0. The van der Waals surface area contributed by atoms with Crippen molar-refractivity contribution < 1.29 is 72.1 Å². The van der Waals surface area contributed by atoms with Crippen molar-refractivity contribution in [3.05, 3.63) is 83.4 Å². The van der Waals surface area contributed by atoms with E-state index in [-0.39, 0.29) is 92.5 Å².